The zero-order valence-electron chi connectivity index (χ0n) is 12.4. The number of hydrogen-bond donors (Lipinski definition) is 3. The summed E-state index contributed by atoms with van der Waals surface area (Å²) in [6.07, 6.45) is -2.02. The van der Waals surface area contributed by atoms with Crippen molar-refractivity contribution in [2.45, 2.75) is 24.9 Å². The number of ether oxygens (including phenoxy) is 1. The predicted molar refractivity (Wildman–Crippen MR) is 85.6 cm³/mol. The number of nitrogens with zero attached hydrogens (tertiary/aromatic N) is 2. The Hall–Kier alpha value is -2.12. The molecule has 120 valence electrons. The van der Waals surface area contributed by atoms with Gasteiger partial charge in [0, 0.05) is 6.42 Å². The van der Waals surface area contributed by atoms with Gasteiger partial charge in [0.15, 0.2) is 6.29 Å². The van der Waals surface area contributed by atoms with Gasteiger partial charge < -0.3 is 20.1 Å². The number of hydrogen-bond acceptors (Lipinski definition) is 6. The minimum atomic E-state index is -0.905. The number of fused-ring (bicyclic) bond motifs is 2. The summed E-state index contributed by atoms with van der Waals surface area (Å²) in [4.78, 5) is 9.03. The first-order chi connectivity index (χ1) is 11.2. The topological polar surface area (TPSA) is 95.7 Å². The first-order valence-corrected chi connectivity index (χ1v) is 7.41. The van der Waals surface area contributed by atoms with E-state index >= 15 is 0 Å². The standard InChI is InChI=1S/C12H8N2.C5H10O4/c1-2-6-10-9(5-1)13-11-7-3-4-8-12(11)14-10;6-2-4-3(7)1-5(8)9-4/h1-8H;3-8H,1-2H2/t;3-,4+,5?/m.0/s1. The van der Waals surface area contributed by atoms with Gasteiger partial charge in [-0.3, -0.25) is 0 Å². The summed E-state index contributed by atoms with van der Waals surface area (Å²) in [7, 11) is 0. The number of aliphatic hydroxyl groups is 3. The fraction of sp³-hybridized carbons (Fsp3) is 0.294. The smallest absolute Gasteiger partial charge is 0.157 e. The number of aliphatic hydroxyl groups excluding tert-OH is 3. The van der Waals surface area contributed by atoms with Crippen molar-refractivity contribution < 1.29 is 20.1 Å². The number of rotatable bonds is 1. The molecule has 0 radical (unpaired) electrons. The molecule has 0 amide bonds. The third kappa shape index (κ3) is 3.62. The molecule has 0 aliphatic carbocycles. The van der Waals surface area contributed by atoms with E-state index in [4.69, 9.17) is 15.3 Å². The molecule has 6 heteroatoms. The summed E-state index contributed by atoms with van der Waals surface area (Å²) < 4.78 is 4.68. The Balaban J connectivity index is 0.000000151. The van der Waals surface area contributed by atoms with E-state index in [1.165, 1.54) is 0 Å². The van der Waals surface area contributed by atoms with Crippen LogP contribution in [0.25, 0.3) is 22.1 Å². The quantitative estimate of drug-likeness (QED) is 0.585. The van der Waals surface area contributed by atoms with E-state index < -0.39 is 18.5 Å². The predicted octanol–water partition coefficient (Wildman–Crippen LogP) is 1.23. The minimum Gasteiger partial charge on any atom is -0.394 e. The van der Waals surface area contributed by atoms with Gasteiger partial charge in [0.2, 0.25) is 0 Å². The normalized spacial score (nSPS) is 23.7. The molecule has 1 saturated heterocycles. The Morgan fingerprint density at radius 2 is 1.30 bits per heavy atom. The highest BCUT2D eigenvalue weighted by molar-refractivity contribution is 5.85. The zero-order valence-corrected chi connectivity index (χ0v) is 12.4. The maximum Gasteiger partial charge on any atom is 0.157 e. The molecule has 1 aliphatic rings. The SMILES string of the molecule is OC[C@H]1OC(O)C[C@@H]1O.c1ccc2nc3ccccc3nc2c1. The highest BCUT2D eigenvalue weighted by Gasteiger charge is 2.31. The zero-order chi connectivity index (χ0) is 16.2. The molecule has 1 fully saturated rings. The van der Waals surface area contributed by atoms with Crippen LogP contribution in [-0.4, -0.2) is 50.4 Å². The van der Waals surface area contributed by atoms with Crippen LogP contribution in [-0.2, 0) is 4.74 Å². The van der Waals surface area contributed by atoms with Crippen LogP contribution in [0.4, 0.5) is 0 Å². The monoisotopic (exact) mass is 314 g/mol. The summed E-state index contributed by atoms with van der Waals surface area (Å²) >= 11 is 0. The van der Waals surface area contributed by atoms with Crippen molar-refractivity contribution in [2.24, 2.45) is 0 Å². The lowest BCUT2D eigenvalue weighted by Crippen LogP contribution is -2.24. The Bertz CT molecular complexity index is 691. The second-order valence-corrected chi connectivity index (χ2v) is 5.32. The molecule has 3 N–H and O–H groups in total. The Morgan fingerprint density at radius 3 is 1.57 bits per heavy atom. The van der Waals surface area contributed by atoms with Gasteiger partial charge in [-0.25, -0.2) is 9.97 Å². The molecule has 6 nitrogen and oxygen atoms in total. The average Bonchev–Trinajstić information content (AvgIpc) is 2.91. The van der Waals surface area contributed by atoms with Gasteiger partial charge in [0.05, 0.1) is 34.8 Å². The van der Waals surface area contributed by atoms with Gasteiger partial charge in [0.1, 0.15) is 6.10 Å². The van der Waals surface area contributed by atoms with E-state index in [9.17, 15) is 0 Å². The Kier molecular flexibility index (Phi) is 4.78. The van der Waals surface area contributed by atoms with Crippen molar-refractivity contribution in [3.63, 3.8) is 0 Å². The maximum atomic E-state index is 8.91. The van der Waals surface area contributed by atoms with E-state index in [0.717, 1.165) is 22.1 Å². The lowest BCUT2D eigenvalue weighted by atomic mass is 10.2. The molecule has 0 bridgehead atoms. The molecule has 4 rings (SSSR count). The fourth-order valence-electron chi connectivity index (χ4n) is 2.44. The lowest BCUT2D eigenvalue weighted by molar-refractivity contribution is -0.107. The van der Waals surface area contributed by atoms with Crippen LogP contribution in [0.5, 0.6) is 0 Å². The van der Waals surface area contributed by atoms with Crippen LogP contribution < -0.4 is 0 Å². The van der Waals surface area contributed by atoms with E-state index in [1.807, 2.05) is 48.5 Å². The van der Waals surface area contributed by atoms with Crippen molar-refractivity contribution >= 4 is 22.1 Å². The molecule has 23 heavy (non-hydrogen) atoms. The molecule has 1 unspecified atom stereocenters. The first kappa shape index (κ1) is 15.8. The van der Waals surface area contributed by atoms with Crippen LogP contribution in [0.3, 0.4) is 0 Å². The van der Waals surface area contributed by atoms with Gasteiger partial charge in [-0.15, -0.1) is 0 Å². The fourth-order valence-corrected chi connectivity index (χ4v) is 2.44. The van der Waals surface area contributed by atoms with Crippen LogP contribution in [0.1, 0.15) is 6.42 Å². The molecule has 2 aromatic carbocycles. The Labute approximate surface area is 133 Å². The second-order valence-electron chi connectivity index (χ2n) is 5.32. The average molecular weight is 314 g/mol. The van der Waals surface area contributed by atoms with E-state index in [1.54, 1.807) is 0 Å². The summed E-state index contributed by atoms with van der Waals surface area (Å²) in [6, 6.07) is 15.8. The molecule has 3 aromatic rings. The largest absolute Gasteiger partial charge is 0.394 e. The summed E-state index contributed by atoms with van der Waals surface area (Å²) in [5.74, 6) is 0. The first-order valence-electron chi connectivity index (χ1n) is 7.41. The third-order valence-electron chi connectivity index (χ3n) is 3.63. The van der Waals surface area contributed by atoms with Crippen LogP contribution in [0.2, 0.25) is 0 Å². The molecule has 3 atom stereocenters. The number of benzene rings is 2. The van der Waals surface area contributed by atoms with Crippen molar-refractivity contribution in [1.82, 2.24) is 9.97 Å². The highest BCUT2D eigenvalue weighted by Crippen LogP contribution is 2.17. The van der Waals surface area contributed by atoms with Crippen molar-refractivity contribution in [1.29, 1.82) is 0 Å². The van der Waals surface area contributed by atoms with Crippen LogP contribution >= 0.6 is 0 Å². The Morgan fingerprint density at radius 1 is 0.870 bits per heavy atom. The number of para-hydroxylation sites is 4. The van der Waals surface area contributed by atoms with Gasteiger partial charge >= 0.3 is 0 Å². The summed E-state index contributed by atoms with van der Waals surface area (Å²) in [5.41, 5.74) is 3.80. The summed E-state index contributed by atoms with van der Waals surface area (Å²) in [6.45, 7) is -0.238. The molecule has 0 spiro atoms. The van der Waals surface area contributed by atoms with E-state index in [0.29, 0.717) is 0 Å². The molecule has 1 aliphatic heterocycles. The second kappa shape index (κ2) is 6.97. The highest BCUT2D eigenvalue weighted by atomic mass is 16.6. The molecular formula is C17H18N2O4. The van der Waals surface area contributed by atoms with Gasteiger partial charge in [-0.05, 0) is 24.3 Å². The van der Waals surface area contributed by atoms with Crippen molar-refractivity contribution in [3.8, 4) is 0 Å². The van der Waals surface area contributed by atoms with Gasteiger partial charge in [0.25, 0.3) is 0 Å². The van der Waals surface area contributed by atoms with Gasteiger partial charge in [-0.2, -0.15) is 0 Å². The number of aromatic nitrogens is 2. The third-order valence-corrected chi connectivity index (χ3v) is 3.63. The van der Waals surface area contributed by atoms with Crippen LogP contribution in [0, 0.1) is 0 Å². The molecule has 1 aromatic heterocycles. The van der Waals surface area contributed by atoms with E-state index in [2.05, 4.69) is 14.7 Å². The van der Waals surface area contributed by atoms with Crippen molar-refractivity contribution in [2.75, 3.05) is 6.61 Å². The lowest BCUT2D eigenvalue weighted by Gasteiger charge is -2.08. The molecule has 2 heterocycles. The molecular weight excluding hydrogens is 296 g/mol. The van der Waals surface area contributed by atoms with Crippen LogP contribution in [0.15, 0.2) is 48.5 Å². The van der Waals surface area contributed by atoms with Crippen molar-refractivity contribution in [3.05, 3.63) is 48.5 Å². The van der Waals surface area contributed by atoms with E-state index in [-0.39, 0.29) is 13.0 Å². The molecule has 0 saturated carbocycles. The van der Waals surface area contributed by atoms with Gasteiger partial charge in [-0.1, -0.05) is 24.3 Å². The minimum absolute atomic E-state index is 0.200. The summed E-state index contributed by atoms with van der Waals surface area (Å²) in [5, 5.41) is 26.1. The maximum absolute atomic E-state index is 8.91.